The van der Waals surface area contributed by atoms with Crippen molar-refractivity contribution in [3.05, 3.63) is 65.4 Å². The Morgan fingerprint density at radius 2 is 1.79 bits per heavy atom. The van der Waals surface area contributed by atoms with Gasteiger partial charge in [-0.2, -0.15) is 4.98 Å². The Hall–Kier alpha value is -3.28. The van der Waals surface area contributed by atoms with Crippen molar-refractivity contribution < 1.29 is 9.47 Å². The number of rotatable bonds is 5. The van der Waals surface area contributed by atoms with E-state index in [0.717, 1.165) is 42.5 Å². The minimum atomic E-state index is 0.598. The fourth-order valence-corrected chi connectivity index (χ4v) is 3.52. The molecule has 4 rings (SSSR count). The van der Waals surface area contributed by atoms with Crippen LogP contribution in [0, 0.1) is 6.92 Å². The van der Waals surface area contributed by atoms with E-state index in [1.54, 1.807) is 20.4 Å². The third-order valence-corrected chi connectivity index (χ3v) is 4.96. The van der Waals surface area contributed by atoms with Crippen molar-refractivity contribution in [3.8, 4) is 11.5 Å². The molecule has 1 aliphatic rings. The largest absolute Gasteiger partial charge is 0.493 e. The molecule has 28 heavy (non-hydrogen) atoms. The molecule has 1 N–H and O–H groups in total. The number of fused-ring (bicyclic) bond motifs is 1. The zero-order valence-corrected chi connectivity index (χ0v) is 16.4. The number of aromatic nitrogens is 2. The number of hydrogen-bond donors (Lipinski definition) is 1. The molecule has 6 heteroatoms. The third-order valence-electron chi connectivity index (χ3n) is 4.96. The van der Waals surface area contributed by atoms with Crippen molar-refractivity contribution >= 4 is 17.5 Å². The average Bonchev–Trinajstić information content (AvgIpc) is 2.72. The van der Waals surface area contributed by atoms with Crippen LogP contribution in [0.5, 0.6) is 11.5 Å². The number of ether oxygens (including phenoxy) is 2. The van der Waals surface area contributed by atoms with Gasteiger partial charge in [0.05, 0.1) is 14.2 Å². The van der Waals surface area contributed by atoms with Gasteiger partial charge in [-0.15, -0.1) is 0 Å². The Kier molecular flexibility index (Phi) is 5.02. The number of hydrogen-bond acceptors (Lipinski definition) is 6. The minimum absolute atomic E-state index is 0.598. The summed E-state index contributed by atoms with van der Waals surface area (Å²) in [4.78, 5) is 11.3. The SMILES string of the molecule is COc1cc2c(cc1OC)CN(c1ccnc(Nc3cccc(C)c3)n1)CC2. The number of aryl methyl sites for hydroxylation is 1. The molecule has 6 nitrogen and oxygen atoms in total. The molecule has 2 heterocycles. The lowest BCUT2D eigenvalue weighted by Gasteiger charge is -2.30. The first-order valence-electron chi connectivity index (χ1n) is 9.32. The van der Waals surface area contributed by atoms with Crippen LogP contribution in [0.4, 0.5) is 17.5 Å². The lowest BCUT2D eigenvalue weighted by molar-refractivity contribution is 0.353. The summed E-state index contributed by atoms with van der Waals surface area (Å²) < 4.78 is 10.9. The van der Waals surface area contributed by atoms with Gasteiger partial charge in [0, 0.05) is 25.0 Å². The minimum Gasteiger partial charge on any atom is -0.493 e. The number of anilines is 3. The normalized spacial score (nSPS) is 13.0. The zero-order valence-electron chi connectivity index (χ0n) is 16.4. The van der Waals surface area contributed by atoms with E-state index in [9.17, 15) is 0 Å². The molecule has 144 valence electrons. The van der Waals surface area contributed by atoms with E-state index in [1.165, 1.54) is 16.7 Å². The van der Waals surface area contributed by atoms with Gasteiger partial charge in [-0.25, -0.2) is 4.98 Å². The highest BCUT2D eigenvalue weighted by Gasteiger charge is 2.20. The molecule has 2 aromatic carbocycles. The molecular weight excluding hydrogens is 352 g/mol. The Morgan fingerprint density at radius 1 is 1.00 bits per heavy atom. The van der Waals surface area contributed by atoms with Crippen molar-refractivity contribution in [3.63, 3.8) is 0 Å². The van der Waals surface area contributed by atoms with E-state index in [-0.39, 0.29) is 0 Å². The van der Waals surface area contributed by atoms with Gasteiger partial charge in [-0.05, 0) is 60.4 Å². The molecule has 0 radical (unpaired) electrons. The molecule has 0 aliphatic carbocycles. The Bertz CT molecular complexity index is 990. The molecule has 3 aromatic rings. The molecule has 0 unspecified atom stereocenters. The Balaban J connectivity index is 1.56. The highest BCUT2D eigenvalue weighted by atomic mass is 16.5. The van der Waals surface area contributed by atoms with E-state index in [4.69, 9.17) is 14.5 Å². The predicted molar refractivity (Wildman–Crippen MR) is 111 cm³/mol. The average molecular weight is 376 g/mol. The summed E-state index contributed by atoms with van der Waals surface area (Å²) in [7, 11) is 3.33. The fourth-order valence-electron chi connectivity index (χ4n) is 3.52. The van der Waals surface area contributed by atoms with Crippen LogP contribution in [-0.4, -0.2) is 30.7 Å². The van der Waals surface area contributed by atoms with Crippen molar-refractivity contribution in [1.29, 1.82) is 0 Å². The number of methoxy groups -OCH3 is 2. The maximum atomic E-state index is 5.46. The highest BCUT2D eigenvalue weighted by molar-refractivity contribution is 5.57. The summed E-state index contributed by atoms with van der Waals surface area (Å²) in [5.74, 6) is 3.04. The zero-order chi connectivity index (χ0) is 19.5. The summed E-state index contributed by atoms with van der Waals surface area (Å²) >= 11 is 0. The van der Waals surface area contributed by atoms with Gasteiger partial charge < -0.3 is 19.7 Å². The van der Waals surface area contributed by atoms with Crippen molar-refractivity contribution in [2.24, 2.45) is 0 Å². The van der Waals surface area contributed by atoms with Crippen LogP contribution in [0.2, 0.25) is 0 Å². The standard InChI is InChI=1S/C22H24N4O2/c1-15-5-4-6-18(11-15)24-22-23-9-7-21(25-22)26-10-8-16-12-19(27-2)20(28-3)13-17(16)14-26/h4-7,9,11-13H,8,10,14H2,1-3H3,(H,23,24,25). The van der Waals surface area contributed by atoms with E-state index in [2.05, 4.69) is 46.4 Å². The maximum absolute atomic E-state index is 5.46. The molecule has 0 bridgehead atoms. The molecular formula is C22H24N4O2. The number of benzene rings is 2. The van der Waals surface area contributed by atoms with E-state index < -0.39 is 0 Å². The quantitative estimate of drug-likeness (QED) is 0.723. The smallest absolute Gasteiger partial charge is 0.229 e. The van der Waals surface area contributed by atoms with Crippen LogP contribution in [0.25, 0.3) is 0 Å². The van der Waals surface area contributed by atoms with E-state index >= 15 is 0 Å². The summed E-state index contributed by atoms with van der Waals surface area (Å²) in [6.07, 6.45) is 2.73. The van der Waals surface area contributed by atoms with Gasteiger partial charge in [0.2, 0.25) is 5.95 Å². The second-order valence-electron chi connectivity index (χ2n) is 6.88. The topological polar surface area (TPSA) is 59.5 Å². The monoisotopic (exact) mass is 376 g/mol. The second-order valence-corrected chi connectivity index (χ2v) is 6.88. The van der Waals surface area contributed by atoms with Crippen molar-refractivity contribution in [2.45, 2.75) is 19.9 Å². The van der Waals surface area contributed by atoms with Gasteiger partial charge >= 0.3 is 0 Å². The molecule has 0 atom stereocenters. The Morgan fingerprint density at radius 3 is 2.54 bits per heavy atom. The highest BCUT2D eigenvalue weighted by Crippen LogP contribution is 2.34. The predicted octanol–water partition coefficient (Wildman–Crippen LogP) is 4.11. The third kappa shape index (κ3) is 3.71. The van der Waals surface area contributed by atoms with Crippen LogP contribution in [0.15, 0.2) is 48.7 Å². The molecule has 0 fully saturated rings. The summed E-state index contributed by atoms with van der Waals surface area (Å²) in [5.41, 5.74) is 4.70. The van der Waals surface area contributed by atoms with Crippen LogP contribution in [-0.2, 0) is 13.0 Å². The summed E-state index contributed by atoms with van der Waals surface area (Å²) in [5, 5.41) is 3.29. The first-order valence-corrected chi connectivity index (χ1v) is 9.32. The summed E-state index contributed by atoms with van der Waals surface area (Å²) in [6, 6.07) is 14.3. The van der Waals surface area contributed by atoms with Crippen molar-refractivity contribution in [1.82, 2.24) is 9.97 Å². The van der Waals surface area contributed by atoms with Crippen LogP contribution in [0.1, 0.15) is 16.7 Å². The van der Waals surface area contributed by atoms with Crippen LogP contribution in [0.3, 0.4) is 0 Å². The van der Waals surface area contributed by atoms with Gasteiger partial charge in [0.15, 0.2) is 11.5 Å². The lowest BCUT2D eigenvalue weighted by Crippen LogP contribution is -2.31. The summed E-state index contributed by atoms with van der Waals surface area (Å²) in [6.45, 7) is 3.73. The molecule has 0 saturated carbocycles. The van der Waals surface area contributed by atoms with Crippen LogP contribution < -0.4 is 19.7 Å². The van der Waals surface area contributed by atoms with E-state index in [0.29, 0.717) is 5.95 Å². The lowest BCUT2D eigenvalue weighted by atomic mass is 9.99. The first-order chi connectivity index (χ1) is 13.7. The van der Waals surface area contributed by atoms with Gasteiger partial charge in [0.25, 0.3) is 0 Å². The van der Waals surface area contributed by atoms with Gasteiger partial charge in [-0.3, -0.25) is 0 Å². The molecule has 1 aliphatic heterocycles. The van der Waals surface area contributed by atoms with Crippen LogP contribution >= 0.6 is 0 Å². The van der Waals surface area contributed by atoms with Gasteiger partial charge in [-0.1, -0.05) is 12.1 Å². The maximum Gasteiger partial charge on any atom is 0.229 e. The fraction of sp³-hybridized carbons (Fsp3) is 0.273. The molecule has 0 saturated heterocycles. The Labute approximate surface area is 165 Å². The van der Waals surface area contributed by atoms with E-state index in [1.807, 2.05) is 18.2 Å². The molecule has 0 spiro atoms. The second kappa shape index (κ2) is 7.76. The molecule has 0 amide bonds. The number of nitrogens with one attached hydrogen (secondary N) is 1. The number of nitrogens with zero attached hydrogens (tertiary/aromatic N) is 3. The first kappa shape index (κ1) is 18.1. The molecule has 1 aromatic heterocycles. The van der Waals surface area contributed by atoms with Gasteiger partial charge in [0.1, 0.15) is 5.82 Å². The van der Waals surface area contributed by atoms with Crippen molar-refractivity contribution in [2.75, 3.05) is 31.0 Å².